The van der Waals surface area contributed by atoms with Crippen LogP contribution in [0, 0.1) is 0 Å². The van der Waals surface area contributed by atoms with E-state index in [4.69, 9.17) is 5.84 Å². The average Bonchev–Trinajstić information content (AvgIpc) is 2.46. The van der Waals surface area contributed by atoms with E-state index in [9.17, 15) is 0 Å². The Morgan fingerprint density at radius 1 is 1.33 bits per heavy atom. The number of H-pyrrole nitrogens is 1. The Balaban J connectivity index is 0.000000720. The number of aromatic amines is 1. The van der Waals surface area contributed by atoms with Crippen molar-refractivity contribution in [3.63, 3.8) is 0 Å². The first kappa shape index (κ1) is 8.83. The highest BCUT2D eigenvalue weighted by Gasteiger charge is 1.97. The summed E-state index contributed by atoms with van der Waals surface area (Å²) in [5, 5.41) is 0. The van der Waals surface area contributed by atoms with Gasteiger partial charge in [0, 0.05) is 0 Å². The summed E-state index contributed by atoms with van der Waals surface area (Å²) in [6.07, 6.45) is 0. The molecule has 0 saturated heterocycles. The lowest BCUT2D eigenvalue weighted by atomic mass is 10.3. The standard InChI is InChI=1S/C7H8N4.ClH/c8-11-7-9-5-3-1-2-4-6(5)10-7;/h1-4H,8H2,(H2,9,10,11);1H. The second-order valence-electron chi connectivity index (χ2n) is 2.25. The van der Waals surface area contributed by atoms with E-state index >= 15 is 0 Å². The van der Waals surface area contributed by atoms with Gasteiger partial charge in [0.05, 0.1) is 11.0 Å². The highest BCUT2D eigenvalue weighted by molar-refractivity contribution is 5.85. The van der Waals surface area contributed by atoms with Crippen LogP contribution in [-0.2, 0) is 0 Å². The van der Waals surface area contributed by atoms with Gasteiger partial charge in [0.15, 0.2) is 0 Å². The number of hydrogen-bond acceptors (Lipinski definition) is 3. The number of benzene rings is 1. The van der Waals surface area contributed by atoms with Gasteiger partial charge in [-0.05, 0) is 12.1 Å². The molecule has 4 N–H and O–H groups in total. The van der Waals surface area contributed by atoms with E-state index in [1.54, 1.807) is 0 Å². The third kappa shape index (κ3) is 1.34. The number of anilines is 1. The number of aromatic nitrogens is 2. The molecule has 64 valence electrons. The molecule has 0 unspecified atom stereocenters. The zero-order chi connectivity index (χ0) is 7.68. The highest BCUT2D eigenvalue weighted by Crippen LogP contribution is 2.11. The predicted octanol–water partition coefficient (Wildman–Crippen LogP) is 1.27. The minimum atomic E-state index is 0. The Hall–Kier alpha value is -1.26. The minimum Gasteiger partial charge on any atom is -0.323 e. The number of fused-ring (bicyclic) bond motifs is 1. The predicted molar refractivity (Wildman–Crippen MR) is 51.2 cm³/mol. The molecule has 1 aromatic carbocycles. The molecule has 0 bridgehead atoms. The SMILES string of the molecule is Cl.NNc1nc2ccccc2[nH]1. The molecule has 12 heavy (non-hydrogen) atoms. The summed E-state index contributed by atoms with van der Waals surface area (Å²) >= 11 is 0. The summed E-state index contributed by atoms with van der Waals surface area (Å²) in [6, 6.07) is 7.75. The third-order valence-electron chi connectivity index (χ3n) is 1.53. The number of nitrogen functional groups attached to an aromatic ring is 1. The number of nitrogens with two attached hydrogens (primary N) is 1. The monoisotopic (exact) mass is 184 g/mol. The van der Waals surface area contributed by atoms with Crippen LogP contribution in [0.4, 0.5) is 5.95 Å². The molecule has 0 aliphatic heterocycles. The van der Waals surface area contributed by atoms with Crippen molar-refractivity contribution in [3.05, 3.63) is 24.3 Å². The van der Waals surface area contributed by atoms with Crippen molar-refractivity contribution in [2.75, 3.05) is 5.43 Å². The van der Waals surface area contributed by atoms with Gasteiger partial charge < -0.3 is 4.98 Å². The summed E-state index contributed by atoms with van der Waals surface area (Å²) in [4.78, 5) is 7.14. The normalized spacial score (nSPS) is 9.42. The lowest BCUT2D eigenvalue weighted by molar-refractivity contribution is 1.21. The van der Waals surface area contributed by atoms with Crippen LogP contribution >= 0.6 is 12.4 Å². The first-order valence-electron chi connectivity index (χ1n) is 3.31. The molecule has 0 fully saturated rings. The van der Waals surface area contributed by atoms with Crippen LogP contribution < -0.4 is 11.3 Å². The molecular formula is C7H9ClN4. The van der Waals surface area contributed by atoms with Gasteiger partial charge in [-0.25, -0.2) is 10.8 Å². The second kappa shape index (κ2) is 3.42. The van der Waals surface area contributed by atoms with Crippen molar-refractivity contribution in [2.24, 2.45) is 5.84 Å². The lowest BCUT2D eigenvalue weighted by Crippen LogP contribution is -2.07. The lowest BCUT2D eigenvalue weighted by Gasteiger charge is -1.86. The zero-order valence-corrected chi connectivity index (χ0v) is 7.06. The average molecular weight is 185 g/mol. The quantitative estimate of drug-likeness (QED) is 0.462. The maximum absolute atomic E-state index is 5.17. The molecule has 0 saturated carbocycles. The number of imidazole rings is 1. The van der Waals surface area contributed by atoms with E-state index in [-0.39, 0.29) is 12.4 Å². The van der Waals surface area contributed by atoms with Crippen molar-refractivity contribution >= 4 is 29.4 Å². The molecule has 2 rings (SSSR count). The molecule has 0 amide bonds. The Morgan fingerprint density at radius 3 is 2.75 bits per heavy atom. The largest absolute Gasteiger partial charge is 0.323 e. The number of nitrogens with one attached hydrogen (secondary N) is 2. The molecule has 0 atom stereocenters. The summed E-state index contributed by atoms with van der Waals surface area (Å²) in [5.74, 6) is 5.76. The number of rotatable bonds is 1. The minimum absolute atomic E-state index is 0. The Labute approximate surface area is 75.6 Å². The maximum Gasteiger partial charge on any atom is 0.215 e. The van der Waals surface area contributed by atoms with Crippen LogP contribution in [0.15, 0.2) is 24.3 Å². The molecule has 0 aliphatic rings. The number of halogens is 1. The summed E-state index contributed by atoms with van der Waals surface area (Å²) in [5.41, 5.74) is 4.35. The fourth-order valence-corrected chi connectivity index (χ4v) is 1.02. The smallest absolute Gasteiger partial charge is 0.215 e. The molecule has 0 aliphatic carbocycles. The van der Waals surface area contributed by atoms with E-state index in [0.717, 1.165) is 11.0 Å². The van der Waals surface area contributed by atoms with Gasteiger partial charge in [-0.3, -0.25) is 5.43 Å². The van der Waals surface area contributed by atoms with Gasteiger partial charge in [-0.15, -0.1) is 12.4 Å². The van der Waals surface area contributed by atoms with Crippen molar-refractivity contribution in [3.8, 4) is 0 Å². The van der Waals surface area contributed by atoms with Crippen molar-refractivity contribution < 1.29 is 0 Å². The van der Waals surface area contributed by atoms with E-state index in [1.807, 2.05) is 24.3 Å². The highest BCUT2D eigenvalue weighted by atomic mass is 35.5. The van der Waals surface area contributed by atoms with Crippen LogP contribution in [-0.4, -0.2) is 9.97 Å². The Morgan fingerprint density at radius 2 is 2.08 bits per heavy atom. The maximum atomic E-state index is 5.17. The molecule has 4 nitrogen and oxygen atoms in total. The van der Waals surface area contributed by atoms with Crippen LogP contribution in [0.2, 0.25) is 0 Å². The van der Waals surface area contributed by atoms with Crippen molar-refractivity contribution in [1.29, 1.82) is 0 Å². The number of nitrogens with zero attached hydrogens (tertiary/aromatic N) is 1. The molecule has 5 heteroatoms. The van der Waals surface area contributed by atoms with Crippen LogP contribution in [0.25, 0.3) is 11.0 Å². The first-order chi connectivity index (χ1) is 5.40. The second-order valence-corrected chi connectivity index (χ2v) is 2.25. The summed E-state index contributed by atoms with van der Waals surface area (Å²) in [7, 11) is 0. The number of hydrogen-bond donors (Lipinski definition) is 3. The molecule has 0 spiro atoms. The van der Waals surface area contributed by atoms with Crippen molar-refractivity contribution in [1.82, 2.24) is 9.97 Å². The number of para-hydroxylation sites is 2. The van der Waals surface area contributed by atoms with Crippen molar-refractivity contribution in [2.45, 2.75) is 0 Å². The molecule has 2 aromatic rings. The van der Waals surface area contributed by atoms with E-state index in [2.05, 4.69) is 15.4 Å². The van der Waals surface area contributed by atoms with Crippen LogP contribution in [0.1, 0.15) is 0 Å². The molecular weight excluding hydrogens is 176 g/mol. The van der Waals surface area contributed by atoms with E-state index < -0.39 is 0 Å². The number of hydrazine groups is 1. The van der Waals surface area contributed by atoms with E-state index in [0.29, 0.717) is 5.95 Å². The summed E-state index contributed by atoms with van der Waals surface area (Å²) < 4.78 is 0. The topological polar surface area (TPSA) is 66.7 Å². The van der Waals surface area contributed by atoms with Gasteiger partial charge in [0.2, 0.25) is 5.95 Å². The van der Waals surface area contributed by atoms with Gasteiger partial charge in [0.1, 0.15) is 0 Å². The van der Waals surface area contributed by atoms with Gasteiger partial charge in [-0.1, -0.05) is 12.1 Å². The zero-order valence-electron chi connectivity index (χ0n) is 6.24. The van der Waals surface area contributed by atoms with Crippen LogP contribution in [0.5, 0.6) is 0 Å². The Kier molecular flexibility index (Phi) is 2.52. The Bertz CT molecular complexity index is 337. The first-order valence-corrected chi connectivity index (χ1v) is 3.31. The van der Waals surface area contributed by atoms with Crippen LogP contribution in [0.3, 0.4) is 0 Å². The van der Waals surface area contributed by atoms with Gasteiger partial charge in [-0.2, -0.15) is 0 Å². The fourth-order valence-electron chi connectivity index (χ4n) is 1.02. The van der Waals surface area contributed by atoms with E-state index in [1.165, 1.54) is 0 Å². The molecule has 1 aromatic heterocycles. The van der Waals surface area contributed by atoms with Gasteiger partial charge in [0.25, 0.3) is 0 Å². The molecule has 0 radical (unpaired) electrons. The fraction of sp³-hybridized carbons (Fsp3) is 0. The van der Waals surface area contributed by atoms with Gasteiger partial charge >= 0.3 is 0 Å². The third-order valence-corrected chi connectivity index (χ3v) is 1.53. The molecule has 1 heterocycles. The summed E-state index contributed by atoms with van der Waals surface area (Å²) in [6.45, 7) is 0.